The first-order valence-corrected chi connectivity index (χ1v) is 4.82. The Kier molecular flexibility index (Phi) is 3.68. The van der Waals surface area contributed by atoms with Crippen LogP contribution in [0.3, 0.4) is 0 Å². The SMILES string of the molecule is CNc1cccc(C)c1C(=O)NN(C)C. The summed E-state index contributed by atoms with van der Waals surface area (Å²) in [5.41, 5.74) is 5.22. The molecule has 0 aliphatic heterocycles. The molecule has 0 heterocycles. The average Bonchev–Trinajstić information content (AvgIpc) is 2.15. The van der Waals surface area contributed by atoms with E-state index in [0.717, 1.165) is 11.3 Å². The highest BCUT2D eigenvalue weighted by molar-refractivity contribution is 6.00. The van der Waals surface area contributed by atoms with Crippen molar-refractivity contribution < 1.29 is 4.79 Å². The molecule has 0 saturated carbocycles. The van der Waals surface area contributed by atoms with Crippen molar-refractivity contribution in [1.29, 1.82) is 0 Å². The monoisotopic (exact) mass is 207 g/mol. The molecule has 0 fully saturated rings. The van der Waals surface area contributed by atoms with Crippen LogP contribution in [0.5, 0.6) is 0 Å². The fourth-order valence-electron chi connectivity index (χ4n) is 1.44. The second-order valence-electron chi connectivity index (χ2n) is 3.58. The van der Waals surface area contributed by atoms with Crippen molar-refractivity contribution in [2.75, 3.05) is 26.5 Å². The van der Waals surface area contributed by atoms with Crippen molar-refractivity contribution in [1.82, 2.24) is 10.4 Å². The number of hydrazine groups is 1. The number of carbonyl (C=O) groups excluding carboxylic acids is 1. The van der Waals surface area contributed by atoms with Gasteiger partial charge in [0, 0.05) is 26.8 Å². The van der Waals surface area contributed by atoms with Gasteiger partial charge in [-0.25, -0.2) is 5.01 Å². The Balaban J connectivity index is 3.06. The van der Waals surface area contributed by atoms with E-state index in [4.69, 9.17) is 0 Å². The fraction of sp³-hybridized carbons (Fsp3) is 0.364. The van der Waals surface area contributed by atoms with Gasteiger partial charge in [-0.15, -0.1) is 0 Å². The van der Waals surface area contributed by atoms with Crippen LogP contribution in [0.2, 0.25) is 0 Å². The van der Waals surface area contributed by atoms with Gasteiger partial charge in [0.25, 0.3) is 5.91 Å². The molecule has 82 valence electrons. The minimum atomic E-state index is -0.0950. The second kappa shape index (κ2) is 4.79. The Morgan fingerprint density at radius 2 is 2.00 bits per heavy atom. The maximum absolute atomic E-state index is 11.9. The predicted octanol–water partition coefficient (Wildman–Crippen LogP) is 1.24. The summed E-state index contributed by atoms with van der Waals surface area (Å²) < 4.78 is 0. The number of carbonyl (C=O) groups is 1. The largest absolute Gasteiger partial charge is 0.387 e. The molecule has 0 atom stereocenters. The summed E-state index contributed by atoms with van der Waals surface area (Å²) in [7, 11) is 5.38. The minimum absolute atomic E-state index is 0.0950. The van der Waals surface area contributed by atoms with Crippen LogP contribution < -0.4 is 10.7 Å². The molecule has 0 aliphatic rings. The third-order valence-corrected chi connectivity index (χ3v) is 2.09. The summed E-state index contributed by atoms with van der Waals surface area (Å²) in [5, 5.41) is 4.64. The van der Waals surface area contributed by atoms with Crippen molar-refractivity contribution in [3.05, 3.63) is 29.3 Å². The third kappa shape index (κ3) is 2.70. The molecule has 1 aromatic carbocycles. The molecule has 1 aromatic rings. The van der Waals surface area contributed by atoms with Crippen LogP contribution in [0.15, 0.2) is 18.2 Å². The topological polar surface area (TPSA) is 44.4 Å². The average molecular weight is 207 g/mol. The lowest BCUT2D eigenvalue weighted by Crippen LogP contribution is -2.36. The van der Waals surface area contributed by atoms with Gasteiger partial charge in [-0.1, -0.05) is 12.1 Å². The molecule has 0 aliphatic carbocycles. The number of hydrogen-bond acceptors (Lipinski definition) is 3. The van der Waals surface area contributed by atoms with Gasteiger partial charge in [0.1, 0.15) is 0 Å². The van der Waals surface area contributed by atoms with Crippen molar-refractivity contribution >= 4 is 11.6 Å². The Morgan fingerprint density at radius 3 is 2.53 bits per heavy atom. The molecule has 2 N–H and O–H groups in total. The lowest BCUT2D eigenvalue weighted by atomic mass is 10.1. The summed E-state index contributed by atoms with van der Waals surface area (Å²) in [6.07, 6.45) is 0. The normalized spacial score (nSPS) is 10.2. The van der Waals surface area contributed by atoms with E-state index in [9.17, 15) is 4.79 Å². The van der Waals surface area contributed by atoms with E-state index in [1.807, 2.05) is 25.1 Å². The quantitative estimate of drug-likeness (QED) is 0.733. The second-order valence-corrected chi connectivity index (χ2v) is 3.58. The number of anilines is 1. The van der Waals surface area contributed by atoms with Gasteiger partial charge in [0.05, 0.1) is 5.56 Å². The van der Waals surface area contributed by atoms with Crippen molar-refractivity contribution in [2.24, 2.45) is 0 Å². The molecular formula is C11H17N3O. The van der Waals surface area contributed by atoms with Crippen LogP contribution >= 0.6 is 0 Å². The maximum atomic E-state index is 11.9. The standard InChI is InChI=1S/C11H17N3O/c1-8-6-5-7-9(12-2)10(8)11(15)13-14(3)4/h5-7,12H,1-4H3,(H,13,15). The number of rotatable bonds is 3. The third-order valence-electron chi connectivity index (χ3n) is 2.09. The molecule has 0 spiro atoms. The molecule has 0 saturated heterocycles. The summed E-state index contributed by atoms with van der Waals surface area (Å²) in [4.78, 5) is 11.9. The highest BCUT2D eigenvalue weighted by Gasteiger charge is 2.13. The maximum Gasteiger partial charge on any atom is 0.267 e. The van der Waals surface area contributed by atoms with Gasteiger partial charge in [-0.2, -0.15) is 0 Å². The van der Waals surface area contributed by atoms with Gasteiger partial charge >= 0.3 is 0 Å². The van der Waals surface area contributed by atoms with E-state index in [1.54, 1.807) is 26.2 Å². The number of aryl methyl sites for hydroxylation is 1. The Hall–Kier alpha value is -1.55. The number of amides is 1. The van der Waals surface area contributed by atoms with Crippen LogP contribution in [0.25, 0.3) is 0 Å². The number of hydrogen-bond donors (Lipinski definition) is 2. The lowest BCUT2D eigenvalue weighted by molar-refractivity contribution is 0.0857. The zero-order valence-corrected chi connectivity index (χ0v) is 9.59. The Morgan fingerprint density at radius 1 is 1.33 bits per heavy atom. The molecule has 0 aromatic heterocycles. The molecule has 0 bridgehead atoms. The summed E-state index contributed by atoms with van der Waals surface area (Å²) in [5.74, 6) is -0.0950. The zero-order chi connectivity index (χ0) is 11.4. The fourth-order valence-corrected chi connectivity index (χ4v) is 1.44. The first-order chi connectivity index (χ1) is 7.06. The van der Waals surface area contributed by atoms with Crippen LogP contribution in [0.4, 0.5) is 5.69 Å². The van der Waals surface area contributed by atoms with Crippen LogP contribution in [0, 0.1) is 6.92 Å². The van der Waals surface area contributed by atoms with Gasteiger partial charge in [-0.3, -0.25) is 10.2 Å². The van der Waals surface area contributed by atoms with E-state index >= 15 is 0 Å². The molecule has 1 amide bonds. The molecular weight excluding hydrogens is 190 g/mol. The summed E-state index contributed by atoms with van der Waals surface area (Å²) >= 11 is 0. The highest BCUT2D eigenvalue weighted by atomic mass is 16.2. The molecule has 0 unspecified atom stereocenters. The van der Waals surface area contributed by atoms with E-state index in [2.05, 4.69) is 10.7 Å². The zero-order valence-electron chi connectivity index (χ0n) is 9.59. The first kappa shape index (κ1) is 11.5. The Labute approximate surface area is 90.2 Å². The summed E-state index contributed by atoms with van der Waals surface area (Å²) in [6.45, 7) is 1.92. The van der Waals surface area contributed by atoms with Gasteiger partial charge in [0.2, 0.25) is 0 Å². The van der Waals surface area contributed by atoms with Gasteiger partial charge < -0.3 is 5.32 Å². The number of nitrogens with zero attached hydrogens (tertiary/aromatic N) is 1. The number of nitrogens with one attached hydrogen (secondary N) is 2. The van der Waals surface area contributed by atoms with E-state index in [1.165, 1.54) is 0 Å². The van der Waals surface area contributed by atoms with E-state index in [-0.39, 0.29) is 5.91 Å². The Bertz CT molecular complexity index is 361. The number of benzene rings is 1. The minimum Gasteiger partial charge on any atom is -0.387 e. The molecule has 15 heavy (non-hydrogen) atoms. The molecule has 4 nitrogen and oxygen atoms in total. The van der Waals surface area contributed by atoms with Crippen molar-refractivity contribution in [2.45, 2.75) is 6.92 Å². The highest BCUT2D eigenvalue weighted by Crippen LogP contribution is 2.18. The van der Waals surface area contributed by atoms with E-state index in [0.29, 0.717) is 5.56 Å². The molecule has 1 rings (SSSR count). The van der Waals surface area contributed by atoms with Gasteiger partial charge in [0.15, 0.2) is 0 Å². The van der Waals surface area contributed by atoms with Crippen LogP contribution in [-0.2, 0) is 0 Å². The van der Waals surface area contributed by atoms with Crippen LogP contribution in [-0.4, -0.2) is 32.1 Å². The smallest absolute Gasteiger partial charge is 0.267 e. The van der Waals surface area contributed by atoms with Gasteiger partial charge in [-0.05, 0) is 18.6 Å². The van der Waals surface area contributed by atoms with E-state index < -0.39 is 0 Å². The molecule has 4 heteroatoms. The van der Waals surface area contributed by atoms with Crippen molar-refractivity contribution in [3.8, 4) is 0 Å². The first-order valence-electron chi connectivity index (χ1n) is 4.82. The summed E-state index contributed by atoms with van der Waals surface area (Å²) in [6, 6.07) is 5.73. The van der Waals surface area contributed by atoms with Crippen LogP contribution in [0.1, 0.15) is 15.9 Å². The van der Waals surface area contributed by atoms with Crippen molar-refractivity contribution in [3.63, 3.8) is 0 Å². The predicted molar refractivity (Wildman–Crippen MR) is 61.9 cm³/mol. The molecule has 0 radical (unpaired) electrons. The lowest BCUT2D eigenvalue weighted by Gasteiger charge is -2.15.